The van der Waals surface area contributed by atoms with Crippen LogP contribution in [0.4, 0.5) is 0 Å². The third-order valence-electron chi connectivity index (χ3n) is 3.06. The minimum Gasteiger partial charge on any atom is -0.317 e. The van der Waals surface area contributed by atoms with Gasteiger partial charge in [-0.05, 0) is 43.3 Å². The first-order valence-electron chi connectivity index (χ1n) is 6.12. The first-order chi connectivity index (χ1) is 8.38. The van der Waals surface area contributed by atoms with Crippen molar-refractivity contribution >= 4 is 11.3 Å². The summed E-state index contributed by atoms with van der Waals surface area (Å²) in [6, 6.07) is 15.6. The van der Waals surface area contributed by atoms with Crippen LogP contribution in [0.3, 0.4) is 0 Å². The van der Waals surface area contributed by atoms with Crippen molar-refractivity contribution in [2.24, 2.45) is 0 Å². The topological polar surface area (TPSA) is 12.0 Å². The number of hydrogen-bond acceptors (Lipinski definition) is 2. The highest BCUT2D eigenvalue weighted by Crippen LogP contribution is 2.14. The fraction of sp³-hybridized carbons (Fsp3) is 0.333. The van der Waals surface area contributed by atoms with E-state index in [0.29, 0.717) is 6.04 Å². The molecule has 0 saturated carbocycles. The van der Waals surface area contributed by atoms with Gasteiger partial charge in [-0.2, -0.15) is 0 Å². The van der Waals surface area contributed by atoms with Gasteiger partial charge < -0.3 is 5.32 Å². The molecule has 1 unspecified atom stereocenters. The Morgan fingerprint density at radius 2 is 1.94 bits per heavy atom. The van der Waals surface area contributed by atoms with Crippen LogP contribution in [0.25, 0.3) is 0 Å². The largest absolute Gasteiger partial charge is 0.317 e. The second-order valence-corrected chi connectivity index (χ2v) is 5.33. The summed E-state index contributed by atoms with van der Waals surface area (Å²) in [6.45, 7) is 0. The maximum absolute atomic E-state index is 3.42. The van der Waals surface area contributed by atoms with Gasteiger partial charge in [0.25, 0.3) is 0 Å². The van der Waals surface area contributed by atoms with Gasteiger partial charge in [0.05, 0.1) is 0 Å². The lowest BCUT2D eigenvalue weighted by Crippen LogP contribution is -2.27. The van der Waals surface area contributed by atoms with Gasteiger partial charge in [0, 0.05) is 10.9 Å². The molecule has 2 rings (SSSR count). The molecule has 2 heteroatoms. The number of aryl methyl sites for hydroxylation is 1. The molecule has 0 aliphatic rings. The van der Waals surface area contributed by atoms with Crippen LogP contribution in [0.1, 0.15) is 16.9 Å². The van der Waals surface area contributed by atoms with E-state index >= 15 is 0 Å². The van der Waals surface area contributed by atoms with E-state index in [1.54, 1.807) is 0 Å². The van der Waals surface area contributed by atoms with Crippen molar-refractivity contribution in [2.75, 3.05) is 7.05 Å². The molecular formula is C15H19NS. The van der Waals surface area contributed by atoms with E-state index in [9.17, 15) is 0 Å². The summed E-state index contributed by atoms with van der Waals surface area (Å²) in [6.07, 6.45) is 3.48. The Morgan fingerprint density at radius 3 is 2.59 bits per heavy atom. The molecule has 1 nitrogen and oxygen atoms in total. The maximum Gasteiger partial charge on any atom is 0.0115 e. The van der Waals surface area contributed by atoms with Crippen molar-refractivity contribution in [2.45, 2.75) is 25.3 Å². The van der Waals surface area contributed by atoms with Crippen molar-refractivity contribution in [3.63, 3.8) is 0 Å². The normalized spacial score (nSPS) is 12.5. The summed E-state index contributed by atoms with van der Waals surface area (Å²) in [5, 5.41) is 5.57. The predicted molar refractivity (Wildman–Crippen MR) is 75.6 cm³/mol. The third-order valence-corrected chi connectivity index (χ3v) is 3.96. The molecule has 2 aromatic rings. The van der Waals surface area contributed by atoms with Gasteiger partial charge in [-0.25, -0.2) is 0 Å². The van der Waals surface area contributed by atoms with Gasteiger partial charge in [-0.3, -0.25) is 0 Å². The molecule has 0 amide bonds. The molecule has 0 bridgehead atoms. The van der Waals surface area contributed by atoms with E-state index in [-0.39, 0.29) is 0 Å². The fourth-order valence-electron chi connectivity index (χ4n) is 2.01. The fourth-order valence-corrected chi connectivity index (χ4v) is 2.79. The Labute approximate surface area is 108 Å². The van der Waals surface area contributed by atoms with Gasteiger partial charge in [-0.15, -0.1) is 11.3 Å². The lowest BCUT2D eigenvalue weighted by molar-refractivity contribution is 0.523. The molecule has 0 radical (unpaired) electrons. The van der Waals surface area contributed by atoms with E-state index < -0.39 is 0 Å². The molecule has 0 aliphatic carbocycles. The Hall–Kier alpha value is -1.12. The quantitative estimate of drug-likeness (QED) is 0.821. The van der Waals surface area contributed by atoms with Crippen LogP contribution in [-0.4, -0.2) is 13.1 Å². The lowest BCUT2D eigenvalue weighted by atomic mass is 10.0. The number of rotatable bonds is 6. The smallest absolute Gasteiger partial charge is 0.0115 e. The highest BCUT2D eigenvalue weighted by molar-refractivity contribution is 7.09. The minimum atomic E-state index is 0.578. The number of thiophene rings is 1. The summed E-state index contributed by atoms with van der Waals surface area (Å²) in [7, 11) is 2.06. The summed E-state index contributed by atoms with van der Waals surface area (Å²) in [5.74, 6) is 0. The van der Waals surface area contributed by atoms with Gasteiger partial charge >= 0.3 is 0 Å². The molecule has 0 aliphatic heterocycles. The zero-order chi connectivity index (χ0) is 11.9. The average Bonchev–Trinajstić information content (AvgIpc) is 2.88. The summed E-state index contributed by atoms with van der Waals surface area (Å²) < 4.78 is 0. The van der Waals surface area contributed by atoms with E-state index in [1.807, 2.05) is 11.3 Å². The van der Waals surface area contributed by atoms with E-state index in [0.717, 1.165) is 12.8 Å². The molecule has 1 atom stereocenters. The van der Waals surface area contributed by atoms with Crippen LogP contribution in [0, 0.1) is 0 Å². The van der Waals surface area contributed by atoms with Gasteiger partial charge in [0.1, 0.15) is 0 Å². The van der Waals surface area contributed by atoms with Crippen LogP contribution < -0.4 is 5.32 Å². The minimum absolute atomic E-state index is 0.578. The molecule has 1 aromatic heterocycles. The Morgan fingerprint density at radius 1 is 1.12 bits per heavy atom. The van der Waals surface area contributed by atoms with Crippen LogP contribution in [0.2, 0.25) is 0 Å². The Balaban J connectivity index is 1.84. The van der Waals surface area contributed by atoms with Crippen molar-refractivity contribution in [1.29, 1.82) is 0 Å². The third kappa shape index (κ3) is 3.99. The van der Waals surface area contributed by atoms with Crippen LogP contribution in [0.5, 0.6) is 0 Å². The van der Waals surface area contributed by atoms with Crippen molar-refractivity contribution in [3.8, 4) is 0 Å². The monoisotopic (exact) mass is 245 g/mol. The highest BCUT2D eigenvalue weighted by atomic mass is 32.1. The maximum atomic E-state index is 3.42. The zero-order valence-electron chi connectivity index (χ0n) is 10.2. The first kappa shape index (κ1) is 12.3. The highest BCUT2D eigenvalue weighted by Gasteiger charge is 2.07. The summed E-state index contributed by atoms with van der Waals surface area (Å²) >= 11 is 1.85. The Bertz CT molecular complexity index is 408. The molecular weight excluding hydrogens is 226 g/mol. The molecule has 0 fully saturated rings. The van der Waals surface area contributed by atoms with E-state index in [2.05, 4.69) is 60.2 Å². The standard InChI is InChI=1S/C15H19NS/c1-16-14(12-15-8-5-11-17-15)10-9-13-6-3-2-4-7-13/h2-8,11,14,16H,9-10,12H2,1H3. The van der Waals surface area contributed by atoms with Crippen LogP contribution >= 0.6 is 11.3 Å². The first-order valence-corrected chi connectivity index (χ1v) is 7.00. The molecule has 0 saturated heterocycles. The van der Waals surface area contributed by atoms with Crippen molar-refractivity contribution < 1.29 is 0 Å². The second kappa shape index (κ2) is 6.58. The van der Waals surface area contributed by atoms with Gasteiger partial charge in [0.15, 0.2) is 0 Å². The van der Waals surface area contributed by atoms with Crippen LogP contribution in [0.15, 0.2) is 47.8 Å². The average molecular weight is 245 g/mol. The molecule has 1 aromatic carbocycles. The molecule has 17 heavy (non-hydrogen) atoms. The summed E-state index contributed by atoms with van der Waals surface area (Å²) in [4.78, 5) is 1.47. The van der Waals surface area contributed by atoms with Gasteiger partial charge in [0.2, 0.25) is 0 Å². The van der Waals surface area contributed by atoms with Crippen LogP contribution in [-0.2, 0) is 12.8 Å². The summed E-state index contributed by atoms with van der Waals surface area (Å²) in [5.41, 5.74) is 1.43. The van der Waals surface area contributed by atoms with Crippen molar-refractivity contribution in [3.05, 3.63) is 58.3 Å². The predicted octanol–water partition coefficient (Wildman–Crippen LogP) is 3.51. The Kier molecular flexibility index (Phi) is 4.77. The lowest BCUT2D eigenvalue weighted by Gasteiger charge is -2.15. The number of benzene rings is 1. The number of hydrogen-bond donors (Lipinski definition) is 1. The number of likely N-dealkylation sites (N-methyl/N-ethyl adjacent to an activating group) is 1. The second-order valence-electron chi connectivity index (χ2n) is 4.29. The molecule has 1 N–H and O–H groups in total. The molecule has 0 spiro atoms. The van der Waals surface area contributed by atoms with Gasteiger partial charge in [-0.1, -0.05) is 36.4 Å². The zero-order valence-corrected chi connectivity index (χ0v) is 11.0. The number of nitrogens with one attached hydrogen (secondary N) is 1. The van der Waals surface area contributed by atoms with Crippen molar-refractivity contribution in [1.82, 2.24) is 5.32 Å². The molecule has 1 heterocycles. The molecule has 90 valence electrons. The van der Waals surface area contributed by atoms with E-state index in [1.165, 1.54) is 16.9 Å². The SMILES string of the molecule is CNC(CCc1ccccc1)Cc1cccs1. The van der Waals surface area contributed by atoms with E-state index in [4.69, 9.17) is 0 Å².